The van der Waals surface area contributed by atoms with Crippen LogP contribution in [0.2, 0.25) is 10.0 Å². The van der Waals surface area contributed by atoms with Gasteiger partial charge in [0.15, 0.2) is 5.76 Å². The molecule has 3 rings (SSSR count). The van der Waals surface area contributed by atoms with Crippen molar-refractivity contribution in [3.05, 3.63) is 87.2 Å². The fourth-order valence-corrected chi connectivity index (χ4v) is 3.75. The van der Waals surface area contributed by atoms with Crippen LogP contribution in [0.25, 0.3) is 6.08 Å². The summed E-state index contributed by atoms with van der Waals surface area (Å²) in [4.78, 5) is 48.5. The van der Waals surface area contributed by atoms with E-state index < -0.39 is 36.3 Å². The van der Waals surface area contributed by atoms with Crippen molar-refractivity contribution in [1.82, 2.24) is 16.0 Å². The molecule has 1 atom stereocenters. The van der Waals surface area contributed by atoms with Gasteiger partial charge >= 0.3 is 5.97 Å². The molecule has 0 bridgehead atoms. The summed E-state index contributed by atoms with van der Waals surface area (Å²) < 4.78 is 10.2. The number of aliphatic carboxylic acids is 1. The van der Waals surface area contributed by atoms with Crippen LogP contribution in [0.15, 0.2) is 57.8 Å². The van der Waals surface area contributed by atoms with E-state index in [4.69, 9.17) is 32.0 Å². The second-order valence-electron chi connectivity index (χ2n) is 7.51. The Labute approximate surface area is 215 Å². The monoisotopic (exact) mass is 533 g/mol. The van der Waals surface area contributed by atoms with Gasteiger partial charge in [-0.1, -0.05) is 23.2 Å². The van der Waals surface area contributed by atoms with Gasteiger partial charge in [0.05, 0.1) is 28.1 Å². The minimum absolute atomic E-state index is 0.0377. The van der Waals surface area contributed by atoms with E-state index in [2.05, 4.69) is 16.0 Å². The number of carboxylic acid groups (broad SMARTS) is 1. The first-order chi connectivity index (χ1) is 17.2. The summed E-state index contributed by atoms with van der Waals surface area (Å²) in [6.07, 6.45) is 5.61. The van der Waals surface area contributed by atoms with Gasteiger partial charge in [0, 0.05) is 24.7 Å². The lowest BCUT2D eigenvalue weighted by Gasteiger charge is -2.17. The molecule has 0 saturated carbocycles. The summed E-state index contributed by atoms with van der Waals surface area (Å²) in [5.74, 6) is -2.69. The molecule has 3 amide bonds. The van der Waals surface area contributed by atoms with Crippen LogP contribution in [-0.4, -0.2) is 41.4 Å². The van der Waals surface area contributed by atoms with Crippen molar-refractivity contribution in [2.75, 3.05) is 6.54 Å². The maximum atomic E-state index is 12.7. The van der Waals surface area contributed by atoms with Crippen LogP contribution in [0, 0.1) is 6.92 Å². The van der Waals surface area contributed by atoms with Crippen molar-refractivity contribution >= 4 is 53.0 Å². The van der Waals surface area contributed by atoms with Crippen molar-refractivity contribution in [1.29, 1.82) is 0 Å². The Balaban J connectivity index is 1.61. The Morgan fingerprint density at radius 3 is 2.33 bits per heavy atom. The van der Waals surface area contributed by atoms with Gasteiger partial charge < -0.3 is 29.9 Å². The minimum Gasteiger partial charge on any atom is -0.480 e. The van der Waals surface area contributed by atoms with E-state index in [1.54, 1.807) is 25.1 Å². The summed E-state index contributed by atoms with van der Waals surface area (Å²) in [6.45, 7) is 1.31. The molecule has 1 aromatic carbocycles. The highest BCUT2D eigenvalue weighted by Crippen LogP contribution is 2.27. The second-order valence-corrected chi connectivity index (χ2v) is 8.32. The standard InChI is InChI=1S/C24H21Cl2N3O7/c1-13-6-8-36-21(13)23(32)28-12-18(24(33)34)29-22(31)20-16(25)9-14(10-17(20)26)11-27-19(30)5-4-15-3-2-7-35-15/h2-10,18H,11-12H2,1H3,(H,27,30)(H,28,32)(H,29,31)(H,33,34)/t18-/m0/s1. The van der Waals surface area contributed by atoms with Crippen LogP contribution in [0.4, 0.5) is 0 Å². The molecule has 12 heteroatoms. The predicted molar refractivity (Wildman–Crippen MR) is 131 cm³/mol. The Morgan fingerprint density at radius 2 is 1.75 bits per heavy atom. The molecule has 0 aliphatic rings. The van der Waals surface area contributed by atoms with E-state index in [-0.39, 0.29) is 27.9 Å². The van der Waals surface area contributed by atoms with Crippen LogP contribution in [0.5, 0.6) is 0 Å². The summed E-state index contributed by atoms with van der Waals surface area (Å²) in [7, 11) is 0. The van der Waals surface area contributed by atoms with Crippen LogP contribution in [-0.2, 0) is 16.1 Å². The van der Waals surface area contributed by atoms with Crippen LogP contribution < -0.4 is 16.0 Å². The molecular formula is C24H21Cl2N3O7. The normalized spacial score (nSPS) is 11.8. The zero-order valence-electron chi connectivity index (χ0n) is 18.8. The Hall–Kier alpha value is -4.02. The Bertz CT molecular complexity index is 1280. The summed E-state index contributed by atoms with van der Waals surface area (Å²) in [5, 5.41) is 16.7. The fourth-order valence-electron chi connectivity index (χ4n) is 3.05. The number of rotatable bonds is 10. The molecule has 2 heterocycles. The third-order valence-electron chi connectivity index (χ3n) is 4.88. The molecule has 0 fully saturated rings. The molecular weight excluding hydrogens is 513 g/mol. The van der Waals surface area contributed by atoms with E-state index in [0.29, 0.717) is 16.9 Å². The molecule has 0 radical (unpaired) electrons. The Morgan fingerprint density at radius 1 is 1.03 bits per heavy atom. The number of hydrogen-bond acceptors (Lipinski definition) is 6. The summed E-state index contributed by atoms with van der Waals surface area (Å²) >= 11 is 12.5. The van der Waals surface area contributed by atoms with Gasteiger partial charge in [-0.15, -0.1) is 0 Å². The molecule has 36 heavy (non-hydrogen) atoms. The number of amides is 3. The fraction of sp³-hybridized carbons (Fsp3) is 0.167. The molecule has 188 valence electrons. The summed E-state index contributed by atoms with van der Waals surface area (Å²) in [6, 6.07) is 6.35. The summed E-state index contributed by atoms with van der Waals surface area (Å²) in [5.41, 5.74) is 0.939. The highest BCUT2D eigenvalue weighted by atomic mass is 35.5. The molecule has 0 unspecified atom stereocenters. The van der Waals surface area contributed by atoms with E-state index in [1.165, 1.54) is 36.8 Å². The SMILES string of the molecule is Cc1ccoc1C(=O)NC[C@H](NC(=O)c1c(Cl)cc(CNC(=O)C=Cc2ccco2)cc1Cl)C(=O)O. The minimum atomic E-state index is -1.47. The van der Waals surface area contributed by atoms with Gasteiger partial charge in [0.25, 0.3) is 11.8 Å². The molecule has 0 aliphatic heterocycles. The van der Waals surface area contributed by atoms with Crippen LogP contribution >= 0.6 is 23.2 Å². The number of carboxylic acids is 1. The average molecular weight is 534 g/mol. The number of hydrogen-bond donors (Lipinski definition) is 4. The molecule has 3 aromatic rings. The van der Waals surface area contributed by atoms with Gasteiger partial charge in [-0.2, -0.15) is 0 Å². The number of halogens is 2. The zero-order valence-corrected chi connectivity index (χ0v) is 20.4. The average Bonchev–Trinajstić information content (AvgIpc) is 3.50. The van der Waals surface area contributed by atoms with Gasteiger partial charge in [-0.05, 0) is 48.9 Å². The van der Waals surface area contributed by atoms with Gasteiger partial charge in [-0.3, -0.25) is 14.4 Å². The van der Waals surface area contributed by atoms with Crippen molar-refractivity contribution in [2.24, 2.45) is 0 Å². The third-order valence-corrected chi connectivity index (χ3v) is 5.47. The molecule has 4 N–H and O–H groups in total. The quantitative estimate of drug-likeness (QED) is 0.291. The second kappa shape index (κ2) is 12.1. The first-order valence-corrected chi connectivity index (χ1v) is 11.2. The van der Waals surface area contributed by atoms with E-state index >= 15 is 0 Å². The van der Waals surface area contributed by atoms with Crippen molar-refractivity contribution in [2.45, 2.75) is 19.5 Å². The van der Waals surface area contributed by atoms with E-state index in [9.17, 15) is 24.3 Å². The predicted octanol–water partition coefficient (Wildman–Crippen LogP) is 3.43. The van der Waals surface area contributed by atoms with Crippen molar-refractivity contribution in [3.8, 4) is 0 Å². The maximum Gasteiger partial charge on any atom is 0.328 e. The van der Waals surface area contributed by atoms with Gasteiger partial charge in [-0.25, -0.2) is 4.79 Å². The first kappa shape index (κ1) is 26.6. The largest absolute Gasteiger partial charge is 0.480 e. The number of carbonyl (C=O) groups excluding carboxylic acids is 3. The molecule has 0 saturated heterocycles. The number of nitrogens with one attached hydrogen (secondary N) is 3. The number of furan rings is 2. The smallest absolute Gasteiger partial charge is 0.328 e. The van der Waals surface area contributed by atoms with E-state index in [1.807, 2.05) is 0 Å². The number of carbonyl (C=O) groups is 4. The first-order valence-electron chi connectivity index (χ1n) is 10.5. The molecule has 2 aromatic heterocycles. The highest BCUT2D eigenvalue weighted by molar-refractivity contribution is 6.39. The molecule has 0 spiro atoms. The third kappa shape index (κ3) is 7.00. The number of benzene rings is 1. The van der Waals surface area contributed by atoms with Crippen LogP contribution in [0.3, 0.4) is 0 Å². The van der Waals surface area contributed by atoms with Crippen molar-refractivity contribution < 1.29 is 33.1 Å². The molecule has 0 aliphatic carbocycles. The lowest BCUT2D eigenvalue weighted by molar-refractivity contribution is -0.139. The number of aryl methyl sites for hydroxylation is 1. The van der Waals surface area contributed by atoms with Gasteiger partial charge in [0.1, 0.15) is 11.8 Å². The van der Waals surface area contributed by atoms with Crippen LogP contribution in [0.1, 0.15) is 37.8 Å². The lowest BCUT2D eigenvalue weighted by Crippen LogP contribution is -2.48. The Kier molecular flexibility index (Phi) is 8.93. The van der Waals surface area contributed by atoms with E-state index in [0.717, 1.165) is 0 Å². The maximum absolute atomic E-state index is 12.7. The van der Waals surface area contributed by atoms with Gasteiger partial charge in [0.2, 0.25) is 5.91 Å². The van der Waals surface area contributed by atoms with Crippen molar-refractivity contribution in [3.63, 3.8) is 0 Å². The topological polar surface area (TPSA) is 151 Å². The highest BCUT2D eigenvalue weighted by Gasteiger charge is 2.25. The lowest BCUT2D eigenvalue weighted by atomic mass is 10.1. The molecule has 10 nitrogen and oxygen atoms in total. The zero-order chi connectivity index (χ0) is 26.2.